The van der Waals surface area contributed by atoms with Gasteiger partial charge in [0.1, 0.15) is 5.54 Å². The molecule has 1 heterocycles. The van der Waals surface area contributed by atoms with Gasteiger partial charge in [-0.3, -0.25) is 9.69 Å². The van der Waals surface area contributed by atoms with Crippen LogP contribution >= 0.6 is 0 Å². The lowest BCUT2D eigenvalue weighted by molar-refractivity contribution is -0.156. The standard InChI is InChI=1S/C13H23NO2/c1-10-7-11(2)9-13(8-10,12(15)16)14-5-3-4-6-14/h10-11H,3-9H2,1-2H3,(H,15,16). The molecule has 1 aliphatic carbocycles. The molecule has 3 nitrogen and oxygen atoms in total. The Bertz CT molecular complexity index is 261. The number of carbonyl (C=O) groups is 1. The van der Waals surface area contributed by atoms with Gasteiger partial charge in [0.25, 0.3) is 0 Å². The van der Waals surface area contributed by atoms with Crippen LogP contribution in [0.5, 0.6) is 0 Å². The number of carboxylic acids is 1. The third kappa shape index (κ3) is 1.97. The van der Waals surface area contributed by atoms with E-state index in [4.69, 9.17) is 0 Å². The van der Waals surface area contributed by atoms with E-state index in [9.17, 15) is 9.90 Å². The summed E-state index contributed by atoms with van der Waals surface area (Å²) in [6.45, 7) is 6.35. The highest BCUT2D eigenvalue weighted by atomic mass is 16.4. The molecule has 16 heavy (non-hydrogen) atoms. The van der Waals surface area contributed by atoms with Gasteiger partial charge in [0.2, 0.25) is 0 Å². The molecule has 0 aromatic carbocycles. The average Bonchev–Trinajstić information content (AvgIpc) is 2.68. The van der Waals surface area contributed by atoms with Gasteiger partial charge in [0.05, 0.1) is 0 Å². The van der Waals surface area contributed by atoms with Crippen molar-refractivity contribution in [2.45, 2.75) is 51.5 Å². The third-order valence-electron chi connectivity index (χ3n) is 4.29. The Morgan fingerprint density at radius 1 is 1.19 bits per heavy atom. The lowest BCUT2D eigenvalue weighted by Crippen LogP contribution is -2.57. The maximum atomic E-state index is 11.7. The summed E-state index contributed by atoms with van der Waals surface area (Å²) in [7, 11) is 0. The van der Waals surface area contributed by atoms with Crippen molar-refractivity contribution in [1.82, 2.24) is 4.90 Å². The van der Waals surface area contributed by atoms with Crippen LogP contribution in [0.1, 0.15) is 46.0 Å². The van der Waals surface area contributed by atoms with Crippen molar-refractivity contribution in [3.05, 3.63) is 0 Å². The van der Waals surface area contributed by atoms with E-state index in [1.54, 1.807) is 0 Å². The Kier molecular flexibility index (Phi) is 3.24. The van der Waals surface area contributed by atoms with Crippen LogP contribution < -0.4 is 0 Å². The zero-order valence-corrected chi connectivity index (χ0v) is 10.4. The van der Waals surface area contributed by atoms with E-state index in [2.05, 4.69) is 18.7 Å². The van der Waals surface area contributed by atoms with E-state index in [-0.39, 0.29) is 0 Å². The second kappa shape index (κ2) is 4.36. The largest absolute Gasteiger partial charge is 0.480 e. The first kappa shape index (κ1) is 11.9. The minimum Gasteiger partial charge on any atom is -0.480 e. The molecule has 1 saturated heterocycles. The van der Waals surface area contributed by atoms with Crippen molar-refractivity contribution < 1.29 is 9.90 Å². The highest BCUT2D eigenvalue weighted by Crippen LogP contribution is 2.41. The summed E-state index contributed by atoms with van der Waals surface area (Å²) in [5.41, 5.74) is -0.548. The predicted octanol–water partition coefficient (Wildman–Crippen LogP) is 2.36. The second-order valence-corrected chi connectivity index (χ2v) is 5.89. The monoisotopic (exact) mass is 225 g/mol. The van der Waals surface area contributed by atoms with Gasteiger partial charge in [-0.25, -0.2) is 0 Å². The molecule has 2 rings (SSSR count). The predicted molar refractivity (Wildman–Crippen MR) is 63.4 cm³/mol. The van der Waals surface area contributed by atoms with E-state index in [1.165, 1.54) is 6.42 Å². The Labute approximate surface area is 97.8 Å². The molecule has 2 unspecified atom stereocenters. The van der Waals surface area contributed by atoms with E-state index < -0.39 is 11.5 Å². The van der Waals surface area contributed by atoms with E-state index in [0.29, 0.717) is 11.8 Å². The van der Waals surface area contributed by atoms with Gasteiger partial charge in [-0.2, -0.15) is 0 Å². The number of hydrogen-bond acceptors (Lipinski definition) is 2. The smallest absolute Gasteiger partial charge is 0.324 e. The van der Waals surface area contributed by atoms with Gasteiger partial charge in [0.15, 0.2) is 0 Å². The molecule has 0 bridgehead atoms. The molecule has 0 aromatic heterocycles. The van der Waals surface area contributed by atoms with Gasteiger partial charge in [-0.05, 0) is 57.0 Å². The van der Waals surface area contributed by atoms with Gasteiger partial charge in [0, 0.05) is 0 Å². The molecule has 2 atom stereocenters. The van der Waals surface area contributed by atoms with Crippen molar-refractivity contribution in [1.29, 1.82) is 0 Å². The normalized spacial score (nSPS) is 41.1. The lowest BCUT2D eigenvalue weighted by atomic mass is 9.71. The molecule has 2 aliphatic rings. The van der Waals surface area contributed by atoms with Crippen molar-refractivity contribution in [2.75, 3.05) is 13.1 Å². The molecule has 92 valence electrons. The van der Waals surface area contributed by atoms with Gasteiger partial charge < -0.3 is 5.11 Å². The molecule has 3 heteroatoms. The molecule has 1 N–H and O–H groups in total. The minimum atomic E-state index is -0.590. The van der Waals surface area contributed by atoms with Crippen LogP contribution in [0.15, 0.2) is 0 Å². The number of aliphatic carboxylic acids is 1. The zero-order chi connectivity index (χ0) is 11.8. The van der Waals surface area contributed by atoms with Gasteiger partial charge >= 0.3 is 5.97 Å². The van der Waals surface area contributed by atoms with Crippen molar-refractivity contribution in [3.8, 4) is 0 Å². The van der Waals surface area contributed by atoms with E-state index in [1.807, 2.05) is 0 Å². The van der Waals surface area contributed by atoms with Crippen LogP contribution in [0.25, 0.3) is 0 Å². The summed E-state index contributed by atoms with van der Waals surface area (Å²) >= 11 is 0. The maximum absolute atomic E-state index is 11.7. The van der Waals surface area contributed by atoms with Crippen LogP contribution in [-0.4, -0.2) is 34.6 Å². The molecule has 0 spiro atoms. The zero-order valence-electron chi connectivity index (χ0n) is 10.4. The molecule has 1 aliphatic heterocycles. The number of likely N-dealkylation sites (tertiary alicyclic amines) is 1. The Balaban J connectivity index is 2.23. The second-order valence-electron chi connectivity index (χ2n) is 5.89. The first-order chi connectivity index (χ1) is 7.54. The fraction of sp³-hybridized carbons (Fsp3) is 0.923. The number of hydrogen-bond donors (Lipinski definition) is 1. The summed E-state index contributed by atoms with van der Waals surface area (Å²) in [5.74, 6) is 0.494. The van der Waals surface area contributed by atoms with Crippen LogP contribution in [0, 0.1) is 11.8 Å². The molecule has 2 fully saturated rings. The van der Waals surface area contributed by atoms with E-state index >= 15 is 0 Å². The fourth-order valence-corrected chi connectivity index (χ4v) is 3.80. The molecule has 0 aromatic rings. The minimum absolute atomic E-state index is 0.542. The maximum Gasteiger partial charge on any atom is 0.324 e. The van der Waals surface area contributed by atoms with E-state index in [0.717, 1.165) is 38.8 Å². The molecule has 1 saturated carbocycles. The van der Waals surface area contributed by atoms with Crippen molar-refractivity contribution >= 4 is 5.97 Å². The SMILES string of the molecule is CC1CC(C)CC(C(=O)O)(N2CCCC2)C1. The van der Waals surface area contributed by atoms with Crippen LogP contribution in [0.2, 0.25) is 0 Å². The van der Waals surface area contributed by atoms with Gasteiger partial charge in [-0.15, -0.1) is 0 Å². The number of rotatable bonds is 2. The fourth-order valence-electron chi connectivity index (χ4n) is 3.80. The molecule has 0 amide bonds. The Morgan fingerprint density at radius 2 is 1.69 bits per heavy atom. The van der Waals surface area contributed by atoms with Crippen molar-refractivity contribution in [3.63, 3.8) is 0 Å². The van der Waals surface area contributed by atoms with Gasteiger partial charge in [-0.1, -0.05) is 13.8 Å². The summed E-state index contributed by atoms with van der Waals surface area (Å²) in [6.07, 6.45) is 5.19. The van der Waals surface area contributed by atoms with Crippen LogP contribution in [0.3, 0.4) is 0 Å². The molecular formula is C13H23NO2. The Morgan fingerprint density at radius 3 is 2.12 bits per heavy atom. The molecule has 0 radical (unpaired) electrons. The topological polar surface area (TPSA) is 40.5 Å². The average molecular weight is 225 g/mol. The lowest BCUT2D eigenvalue weighted by Gasteiger charge is -2.45. The summed E-state index contributed by atoms with van der Waals surface area (Å²) in [6, 6.07) is 0. The quantitative estimate of drug-likeness (QED) is 0.784. The third-order valence-corrected chi connectivity index (χ3v) is 4.29. The van der Waals surface area contributed by atoms with Crippen LogP contribution in [-0.2, 0) is 4.79 Å². The summed E-state index contributed by atoms with van der Waals surface area (Å²) < 4.78 is 0. The summed E-state index contributed by atoms with van der Waals surface area (Å²) in [4.78, 5) is 14.0. The summed E-state index contributed by atoms with van der Waals surface area (Å²) in [5, 5.41) is 9.64. The first-order valence-electron chi connectivity index (χ1n) is 6.53. The number of carboxylic acid groups (broad SMARTS) is 1. The first-order valence-corrected chi connectivity index (χ1v) is 6.53. The number of nitrogens with zero attached hydrogens (tertiary/aromatic N) is 1. The Hall–Kier alpha value is -0.570. The highest BCUT2D eigenvalue weighted by molar-refractivity contribution is 5.79. The van der Waals surface area contributed by atoms with Crippen LogP contribution in [0.4, 0.5) is 0 Å². The highest BCUT2D eigenvalue weighted by Gasteiger charge is 2.49. The molecular weight excluding hydrogens is 202 g/mol. The van der Waals surface area contributed by atoms with Crippen molar-refractivity contribution in [2.24, 2.45) is 11.8 Å².